The molecular formula is C12H8Br3ClS. The first-order valence-corrected chi connectivity index (χ1v) is 8.52. The van der Waals surface area contributed by atoms with Crippen LogP contribution in [0.2, 0.25) is 0 Å². The lowest BCUT2D eigenvalue weighted by Crippen LogP contribution is -1.92. The van der Waals surface area contributed by atoms with Gasteiger partial charge in [0.15, 0.2) is 0 Å². The van der Waals surface area contributed by atoms with Crippen molar-refractivity contribution in [3.05, 3.63) is 53.5 Å². The van der Waals surface area contributed by atoms with E-state index in [1.807, 2.05) is 12.1 Å². The van der Waals surface area contributed by atoms with E-state index in [-0.39, 0.29) is 5.38 Å². The maximum absolute atomic E-state index is 6.42. The molecule has 0 saturated carbocycles. The minimum absolute atomic E-state index is 0.0174. The lowest BCUT2D eigenvalue weighted by atomic mass is 10.1. The fourth-order valence-electron chi connectivity index (χ4n) is 1.45. The molecule has 90 valence electrons. The van der Waals surface area contributed by atoms with E-state index in [1.165, 1.54) is 10.4 Å². The molecule has 2 rings (SSSR count). The Kier molecular flexibility index (Phi) is 5.13. The Labute approximate surface area is 135 Å². The van der Waals surface area contributed by atoms with Crippen LogP contribution in [-0.4, -0.2) is 0 Å². The van der Waals surface area contributed by atoms with Crippen LogP contribution in [0, 0.1) is 0 Å². The van der Waals surface area contributed by atoms with Gasteiger partial charge in [0.2, 0.25) is 0 Å². The summed E-state index contributed by atoms with van der Waals surface area (Å²) in [6.45, 7) is 0. The maximum atomic E-state index is 6.42. The van der Waals surface area contributed by atoms with Crippen molar-refractivity contribution in [1.29, 1.82) is 0 Å². The highest BCUT2D eigenvalue weighted by atomic mass is 79.9. The number of halogens is 4. The van der Waals surface area contributed by atoms with Gasteiger partial charge < -0.3 is 0 Å². The third-order valence-corrected chi connectivity index (χ3v) is 6.72. The number of thiophene rings is 1. The molecule has 0 amide bonds. The molecule has 0 aliphatic rings. The van der Waals surface area contributed by atoms with E-state index in [0.29, 0.717) is 0 Å². The van der Waals surface area contributed by atoms with Gasteiger partial charge in [0, 0.05) is 13.8 Å². The number of hydrogen-bond donors (Lipinski definition) is 0. The van der Waals surface area contributed by atoms with Crippen molar-refractivity contribution in [3.63, 3.8) is 0 Å². The summed E-state index contributed by atoms with van der Waals surface area (Å²) in [5.41, 5.74) is 1.24. The topological polar surface area (TPSA) is 0 Å². The third-order valence-electron chi connectivity index (χ3n) is 2.30. The maximum Gasteiger partial charge on any atom is 0.0843 e. The minimum atomic E-state index is 0.0174. The van der Waals surface area contributed by atoms with E-state index < -0.39 is 0 Å². The van der Waals surface area contributed by atoms with Crippen LogP contribution in [0.5, 0.6) is 0 Å². The van der Waals surface area contributed by atoms with Crippen LogP contribution in [0.25, 0.3) is 0 Å². The zero-order chi connectivity index (χ0) is 12.4. The summed E-state index contributed by atoms with van der Waals surface area (Å²) in [7, 11) is 0. The SMILES string of the molecule is ClC(Cc1ccc(Br)cc1)c1cc(Br)c(Br)s1. The monoisotopic (exact) mass is 456 g/mol. The molecule has 0 radical (unpaired) electrons. The van der Waals surface area contributed by atoms with Crippen LogP contribution in [0.15, 0.2) is 43.1 Å². The van der Waals surface area contributed by atoms with Crippen LogP contribution in [0.3, 0.4) is 0 Å². The largest absolute Gasteiger partial charge is 0.130 e. The average Bonchev–Trinajstić information content (AvgIpc) is 2.63. The summed E-state index contributed by atoms with van der Waals surface area (Å²) in [6.07, 6.45) is 0.841. The summed E-state index contributed by atoms with van der Waals surface area (Å²) < 4.78 is 3.25. The number of rotatable bonds is 3. The highest BCUT2D eigenvalue weighted by molar-refractivity contribution is 9.13. The highest BCUT2D eigenvalue weighted by Crippen LogP contribution is 2.38. The number of hydrogen-bond acceptors (Lipinski definition) is 1. The lowest BCUT2D eigenvalue weighted by Gasteiger charge is -2.07. The summed E-state index contributed by atoms with van der Waals surface area (Å²) in [5.74, 6) is 0. The van der Waals surface area contributed by atoms with Crippen molar-refractivity contribution in [2.24, 2.45) is 0 Å². The van der Waals surface area contributed by atoms with Crippen molar-refractivity contribution < 1.29 is 0 Å². The van der Waals surface area contributed by atoms with Crippen molar-refractivity contribution in [2.45, 2.75) is 11.8 Å². The first kappa shape index (κ1) is 14.1. The predicted octanol–water partition coefficient (Wildman–Crippen LogP) is 6.56. The molecule has 1 heterocycles. The molecular weight excluding hydrogens is 451 g/mol. The van der Waals surface area contributed by atoms with Gasteiger partial charge >= 0.3 is 0 Å². The molecule has 1 aromatic heterocycles. The molecule has 1 unspecified atom stereocenters. The van der Waals surface area contributed by atoms with Crippen LogP contribution in [-0.2, 0) is 6.42 Å². The van der Waals surface area contributed by atoms with Crippen molar-refractivity contribution in [1.82, 2.24) is 0 Å². The summed E-state index contributed by atoms with van der Waals surface area (Å²) in [5, 5.41) is 0.0174. The first-order chi connectivity index (χ1) is 8.06. The van der Waals surface area contributed by atoms with E-state index in [9.17, 15) is 0 Å². The Morgan fingerprint density at radius 3 is 2.29 bits per heavy atom. The molecule has 0 aliphatic heterocycles. The van der Waals surface area contributed by atoms with Gasteiger partial charge in [-0.25, -0.2) is 0 Å². The minimum Gasteiger partial charge on any atom is -0.130 e. The highest BCUT2D eigenvalue weighted by Gasteiger charge is 2.13. The smallest absolute Gasteiger partial charge is 0.0843 e. The first-order valence-electron chi connectivity index (χ1n) is 4.89. The molecule has 0 saturated heterocycles. The number of alkyl halides is 1. The Morgan fingerprint density at radius 2 is 1.76 bits per heavy atom. The molecule has 0 aliphatic carbocycles. The zero-order valence-corrected chi connectivity index (χ0v) is 14.9. The van der Waals surface area contributed by atoms with Crippen LogP contribution >= 0.6 is 70.7 Å². The molecule has 1 aromatic carbocycles. The van der Waals surface area contributed by atoms with E-state index in [0.717, 1.165) is 19.2 Å². The fourth-order valence-corrected chi connectivity index (χ4v) is 4.15. The molecule has 2 aromatic rings. The quantitative estimate of drug-likeness (QED) is 0.456. The Hall–Kier alpha value is 0.650. The third kappa shape index (κ3) is 3.80. The summed E-state index contributed by atoms with van der Waals surface area (Å²) in [4.78, 5) is 1.17. The Bertz CT molecular complexity index is 487. The molecule has 5 heteroatoms. The van der Waals surface area contributed by atoms with Gasteiger partial charge in [-0.1, -0.05) is 28.1 Å². The predicted molar refractivity (Wildman–Crippen MR) is 86.2 cm³/mol. The standard InChI is InChI=1S/C12H8Br3ClS/c13-8-3-1-7(2-4-8)5-10(16)11-6-9(14)12(15)17-11/h1-4,6,10H,5H2. The molecule has 17 heavy (non-hydrogen) atoms. The van der Waals surface area contributed by atoms with Gasteiger partial charge in [0.1, 0.15) is 0 Å². The van der Waals surface area contributed by atoms with Crippen LogP contribution in [0.1, 0.15) is 15.8 Å². The van der Waals surface area contributed by atoms with E-state index in [2.05, 4.69) is 66.0 Å². The molecule has 0 bridgehead atoms. The normalized spacial score (nSPS) is 12.7. The van der Waals surface area contributed by atoms with Gasteiger partial charge in [-0.15, -0.1) is 22.9 Å². The van der Waals surface area contributed by atoms with Gasteiger partial charge in [-0.05, 0) is 62.0 Å². The summed E-state index contributed by atoms with van der Waals surface area (Å²) in [6, 6.07) is 10.3. The van der Waals surface area contributed by atoms with Gasteiger partial charge in [-0.2, -0.15) is 0 Å². The molecule has 0 N–H and O–H groups in total. The van der Waals surface area contributed by atoms with E-state index in [4.69, 9.17) is 11.6 Å². The van der Waals surface area contributed by atoms with Crippen LogP contribution < -0.4 is 0 Å². The molecule has 0 nitrogen and oxygen atoms in total. The van der Waals surface area contributed by atoms with Crippen molar-refractivity contribution >= 4 is 70.7 Å². The summed E-state index contributed by atoms with van der Waals surface area (Å²) >= 11 is 18.5. The van der Waals surface area contributed by atoms with E-state index >= 15 is 0 Å². The van der Waals surface area contributed by atoms with Gasteiger partial charge in [0.25, 0.3) is 0 Å². The second-order valence-electron chi connectivity index (χ2n) is 3.57. The molecule has 0 fully saturated rings. The van der Waals surface area contributed by atoms with Gasteiger partial charge in [0.05, 0.1) is 9.16 Å². The van der Waals surface area contributed by atoms with Gasteiger partial charge in [-0.3, -0.25) is 0 Å². The average molecular weight is 459 g/mol. The lowest BCUT2D eigenvalue weighted by molar-refractivity contribution is 0.939. The fraction of sp³-hybridized carbons (Fsp3) is 0.167. The van der Waals surface area contributed by atoms with Crippen molar-refractivity contribution in [3.8, 4) is 0 Å². The second kappa shape index (κ2) is 6.20. The zero-order valence-electron chi connectivity index (χ0n) is 8.59. The Morgan fingerprint density at radius 1 is 1.12 bits per heavy atom. The number of benzene rings is 1. The second-order valence-corrected chi connectivity index (χ2v) is 8.27. The Balaban J connectivity index is 2.11. The molecule has 0 spiro atoms. The molecule has 1 atom stereocenters. The van der Waals surface area contributed by atoms with Crippen LogP contribution in [0.4, 0.5) is 0 Å². The van der Waals surface area contributed by atoms with E-state index in [1.54, 1.807) is 11.3 Å². The van der Waals surface area contributed by atoms with Crippen molar-refractivity contribution in [2.75, 3.05) is 0 Å².